The van der Waals surface area contributed by atoms with Crippen molar-refractivity contribution in [1.29, 1.82) is 0 Å². The second-order valence-corrected chi connectivity index (χ2v) is 5.29. The first-order valence-electron chi connectivity index (χ1n) is 6.01. The zero-order valence-corrected chi connectivity index (χ0v) is 11.6. The summed E-state index contributed by atoms with van der Waals surface area (Å²) in [4.78, 5) is 21.3. The van der Waals surface area contributed by atoms with Crippen LogP contribution in [0.4, 0.5) is 5.82 Å². The molecule has 0 unspecified atom stereocenters. The minimum Gasteiger partial charge on any atom is -0.481 e. The molecule has 7 heteroatoms. The highest BCUT2D eigenvalue weighted by Crippen LogP contribution is 2.34. The lowest BCUT2D eigenvalue weighted by Gasteiger charge is -2.37. The monoisotopic (exact) mass is 285 g/mol. The summed E-state index contributed by atoms with van der Waals surface area (Å²) >= 11 is 6.08. The molecule has 0 bridgehead atoms. The van der Waals surface area contributed by atoms with E-state index in [-0.39, 0.29) is 6.01 Å². The smallest absolute Gasteiger partial charge is 0.318 e. The molecule has 1 aliphatic heterocycles. The summed E-state index contributed by atoms with van der Waals surface area (Å²) in [6.07, 6.45) is 2.61. The molecule has 0 spiro atoms. The number of carboxylic acids is 1. The molecule has 1 aromatic heterocycles. The van der Waals surface area contributed by atoms with E-state index < -0.39 is 11.4 Å². The third-order valence-electron chi connectivity index (χ3n) is 3.57. The highest BCUT2D eigenvalue weighted by Gasteiger charge is 2.37. The van der Waals surface area contributed by atoms with Crippen LogP contribution in [0.25, 0.3) is 0 Å². The van der Waals surface area contributed by atoms with Crippen molar-refractivity contribution in [2.45, 2.75) is 19.8 Å². The van der Waals surface area contributed by atoms with Crippen molar-refractivity contribution in [3.63, 3.8) is 0 Å². The van der Waals surface area contributed by atoms with Crippen molar-refractivity contribution in [2.75, 3.05) is 25.1 Å². The van der Waals surface area contributed by atoms with Gasteiger partial charge in [-0.2, -0.15) is 4.98 Å². The molecule has 0 aliphatic carbocycles. The SMILES string of the molecule is COc1ncc(Cl)c(N2CCC(C)(C(=O)O)CC2)n1. The Balaban J connectivity index is 2.15. The first kappa shape index (κ1) is 13.9. The van der Waals surface area contributed by atoms with Crippen LogP contribution >= 0.6 is 11.6 Å². The summed E-state index contributed by atoms with van der Waals surface area (Å²) in [6.45, 7) is 2.97. The van der Waals surface area contributed by atoms with E-state index in [1.807, 2.05) is 4.90 Å². The van der Waals surface area contributed by atoms with E-state index >= 15 is 0 Å². The maximum absolute atomic E-state index is 11.2. The fourth-order valence-corrected chi connectivity index (χ4v) is 2.30. The number of halogens is 1. The molecular formula is C12H16ClN3O3. The van der Waals surface area contributed by atoms with Crippen LogP contribution in [-0.2, 0) is 4.79 Å². The first-order chi connectivity index (χ1) is 8.96. The molecule has 6 nitrogen and oxygen atoms in total. The van der Waals surface area contributed by atoms with Crippen LogP contribution in [0.1, 0.15) is 19.8 Å². The number of aromatic nitrogens is 2. The molecule has 0 radical (unpaired) electrons. The van der Waals surface area contributed by atoms with Gasteiger partial charge in [0, 0.05) is 13.1 Å². The maximum Gasteiger partial charge on any atom is 0.318 e. The summed E-state index contributed by atoms with van der Waals surface area (Å²) < 4.78 is 4.98. The van der Waals surface area contributed by atoms with Gasteiger partial charge in [0.2, 0.25) is 0 Å². The fourth-order valence-electron chi connectivity index (χ4n) is 2.09. The molecule has 0 amide bonds. The number of rotatable bonds is 3. The van der Waals surface area contributed by atoms with E-state index in [9.17, 15) is 9.90 Å². The highest BCUT2D eigenvalue weighted by atomic mass is 35.5. The molecule has 1 N–H and O–H groups in total. The van der Waals surface area contributed by atoms with E-state index in [2.05, 4.69) is 9.97 Å². The standard InChI is InChI=1S/C12H16ClN3O3/c1-12(10(17)18)3-5-16(6-4-12)9-8(13)7-14-11(15-9)19-2/h7H,3-6H2,1-2H3,(H,17,18). The van der Waals surface area contributed by atoms with Gasteiger partial charge in [-0.15, -0.1) is 0 Å². The van der Waals surface area contributed by atoms with Crippen molar-refractivity contribution in [3.8, 4) is 6.01 Å². The zero-order chi connectivity index (χ0) is 14.0. The van der Waals surface area contributed by atoms with Gasteiger partial charge in [0.15, 0.2) is 5.82 Å². The van der Waals surface area contributed by atoms with Gasteiger partial charge in [-0.05, 0) is 19.8 Å². The van der Waals surface area contributed by atoms with Crippen molar-refractivity contribution in [2.24, 2.45) is 5.41 Å². The van der Waals surface area contributed by atoms with Crippen LogP contribution in [0.2, 0.25) is 5.02 Å². The van der Waals surface area contributed by atoms with Crippen LogP contribution < -0.4 is 9.64 Å². The van der Waals surface area contributed by atoms with Crippen LogP contribution in [0, 0.1) is 5.41 Å². The molecule has 0 saturated carbocycles. The van der Waals surface area contributed by atoms with Gasteiger partial charge < -0.3 is 14.7 Å². The molecule has 2 heterocycles. The number of anilines is 1. The van der Waals surface area contributed by atoms with E-state index in [4.69, 9.17) is 16.3 Å². The van der Waals surface area contributed by atoms with E-state index in [0.717, 1.165) is 0 Å². The summed E-state index contributed by atoms with van der Waals surface area (Å²) in [6, 6.07) is 0.256. The molecular weight excluding hydrogens is 270 g/mol. The Bertz CT molecular complexity index is 487. The third-order valence-corrected chi connectivity index (χ3v) is 3.84. The lowest BCUT2D eigenvalue weighted by Crippen LogP contribution is -2.43. The molecule has 1 fully saturated rings. The Labute approximate surface area is 116 Å². The molecule has 19 heavy (non-hydrogen) atoms. The zero-order valence-electron chi connectivity index (χ0n) is 10.9. The fraction of sp³-hybridized carbons (Fsp3) is 0.583. The molecule has 1 saturated heterocycles. The van der Waals surface area contributed by atoms with Crippen LogP contribution in [0.5, 0.6) is 6.01 Å². The van der Waals surface area contributed by atoms with Gasteiger partial charge in [0.25, 0.3) is 0 Å². The Morgan fingerprint density at radius 3 is 2.68 bits per heavy atom. The lowest BCUT2D eigenvalue weighted by molar-refractivity contribution is -0.149. The molecule has 0 aromatic carbocycles. The van der Waals surface area contributed by atoms with Gasteiger partial charge in [-0.25, -0.2) is 4.98 Å². The van der Waals surface area contributed by atoms with Crippen LogP contribution in [0.3, 0.4) is 0 Å². The number of aliphatic carboxylic acids is 1. The summed E-state index contributed by atoms with van der Waals surface area (Å²) in [5.41, 5.74) is -0.667. The van der Waals surface area contributed by atoms with E-state index in [0.29, 0.717) is 36.8 Å². The predicted molar refractivity (Wildman–Crippen MR) is 70.8 cm³/mol. The second kappa shape index (κ2) is 5.21. The van der Waals surface area contributed by atoms with E-state index in [1.165, 1.54) is 13.3 Å². The number of methoxy groups -OCH3 is 1. The Hall–Kier alpha value is -1.56. The number of hydrogen-bond acceptors (Lipinski definition) is 5. The average molecular weight is 286 g/mol. The minimum absolute atomic E-state index is 0.256. The van der Waals surface area contributed by atoms with E-state index in [1.54, 1.807) is 6.92 Å². The molecule has 1 aliphatic rings. The quantitative estimate of drug-likeness (QED) is 0.913. The largest absolute Gasteiger partial charge is 0.481 e. The highest BCUT2D eigenvalue weighted by molar-refractivity contribution is 6.32. The summed E-state index contributed by atoms with van der Waals surface area (Å²) in [7, 11) is 1.49. The van der Waals surface area contributed by atoms with Gasteiger partial charge in [0.1, 0.15) is 5.02 Å². The first-order valence-corrected chi connectivity index (χ1v) is 6.39. The average Bonchev–Trinajstić information content (AvgIpc) is 2.40. The van der Waals surface area contributed by atoms with Gasteiger partial charge in [0.05, 0.1) is 18.7 Å². The predicted octanol–water partition coefficient (Wildman–Crippen LogP) is 1.83. The van der Waals surface area contributed by atoms with Crippen molar-refractivity contribution in [3.05, 3.63) is 11.2 Å². The Morgan fingerprint density at radius 1 is 1.53 bits per heavy atom. The minimum atomic E-state index is -0.751. The normalized spacial score (nSPS) is 18.2. The summed E-state index contributed by atoms with van der Waals surface area (Å²) in [5.74, 6) is -0.153. The number of carbonyl (C=O) groups is 1. The molecule has 0 atom stereocenters. The topological polar surface area (TPSA) is 75.5 Å². The molecule has 2 rings (SSSR count). The Kier molecular flexibility index (Phi) is 3.80. The molecule has 104 valence electrons. The summed E-state index contributed by atoms with van der Waals surface area (Å²) in [5, 5.41) is 9.65. The van der Waals surface area contributed by atoms with Crippen molar-refractivity contribution in [1.82, 2.24) is 9.97 Å². The van der Waals surface area contributed by atoms with Gasteiger partial charge in [-0.1, -0.05) is 11.6 Å². The maximum atomic E-state index is 11.2. The number of nitrogens with zero attached hydrogens (tertiary/aromatic N) is 3. The van der Waals surface area contributed by atoms with Crippen molar-refractivity contribution < 1.29 is 14.6 Å². The van der Waals surface area contributed by atoms with Crippen LogP contribution in [0.15, 0.2) is 6.20 Å². The number of ether oxygens (including phenoxy) is 1. The second-order valence-electron chi connectivity index (χ2n) is 4.88. The Morgan fingerprint density at radius 2 is 2.16 bits per heavy atom. The third kappa shape index (κ3) is 2.73. The number of hydrogen-bond donors (Lipinski definition) is 1. The lowest BCUT2D eigenvalue weighted by atomic mass is 9.80. The van der Waals surface area contributed by atoms with Crippen LogP contribution in [-0.4, -0.2) is 41.2 Å². The van der Waals surface area contributed by atoms with Crippen molar-refractivity contribution >= 4 is 23.4 Å². The molecule has 1 aromatic rings. The number of piperidine rings is 1. The van der Waals surface area contributed by atoms with Gasteiger partial charge >= 0.3 is 12.0 Å². The van der Waals surface area contributed by atoms with Gasteiger partial charge in [-0.3, -0.25) is 4.79 Å². The number of carboxylic acid groups (broad SMARTS) is 1.